The average molecular weight is 412 g/mol. The first kappa shape index (κ1) is 19.2. The van der Waals surface area contributed by atoms with Gasteiger partial charge in [-0.3, -0.25) is 4.79 Å². The molecule has 0 bridgehead atoms. The van der Waals surface area contributed by atoms with Gasteiger partial charge in [0.15, 0.2) is 0 Å². The summed E-state index contributed by atoms with van der Waals surface area (Å²) < 4.78 is 13.2. The van der Waals surface area contributed by atoms with Gasteiger partial charge in [0.25, 0.3) is 0 Å². The molecule has 0 saturated carbocycles. The fraction of sp³-hybridized carbons (Fsp3) is 0.192. The maximum atomic E-state index is 11.6. The van der Waals surface area contributed by atoms with Gasteiger partial charge in [0.05, 0.1) is 20.1 Å². The lowest BCUT2D eigenvalue weighted by Crippen LogP contribution is -2.04. The van der Waals surface area contributed by atoms with Crippen LogP contribution in [0.1, 0.15) is 12.0 Å². The van der Waals surface area contributed by atoms with Gasteiger partial charge in [0, 0.05) is 51.5 Å². The Morgan fingerprint density at radius 3 is 2.35 bits per heavy atom. The number of fused-ring (bicyclic) bond motifs is 4. The maximum Gasteiger partial charge on any atom is 0.310 e. The normalized spacial score (nSPS) is 11.4. The zero-order chi connectivity index (χ0) is 21.2. The van der Waals surface area contributed by atoms with Crippen molar-refractivity contribution in [2.24, 2.45) is 0 Å². The zero-order valence-corrected chi connectivity index (χ0v) is 17.4. The molecular weight excluding hydrogens is 388 g/mol. The Kier molecular flexibility index (Phi) is 5.08. The van der Waals surface area contributed by atoms with Crippen LogP contribution in [-0.2, 0) is 22.5 Å². The van der Waals surface area contributed by atoms with Crippen molar-refractivity contribution < 1.29 is 14.3 Å². The van der Waals surface area contributed by atoms with E-state index in [4.69, 9.17) is 9.47 Å². The molecule has 0 fully saturated rings. The molecule has 0 spiro atoms. The Morgan fingerprint density at radius 1 is 0.935 bits per heavy atom. The summed E-state index contributed by atoms with van der Waals surface area (Å²) in [4.78, 5) is 14.8. The van der Waals surface area contributed by atoms with Gasteiger partial charge in [0.1, 0.15) is 5.75 Å². The number of rotatable bonds is 7. The number of nitrogens with one attached hydrogen (secondary N) is 1. The lowest BCUT2D eigenvalue weighted by Gasteiger charge is -2.09. The Bertz CT molecular complexity index is 1330. The lowest BCUT2D eigenvalue weighted by molar-refractivity contribution is -0.139. The van der Waals surface area contributed by atoms with E-state index in [9.17, 15) is 4.79 Å². The van der Waals surface area contributed by atoms with E-state index in [1.165, 1.54) is 28.9 Å². The van der Waals surface area contributed by atoms with Crippen LogP contribution in [0.15, 0.2) is 72.9 Å². The molecule has 0 aliphatic heterocycles. The molecule has 0 aliphatic rings. The number of carbonyl (C=O) groups excluding carboxylic acids is 1. The minimum atomic E-state index is -0.244. The second-order valence-corrected chi connectivity index (χ2v) is 7.66. The second-order valence-electron chi connectivity index (χ2n) is 7.66. The number of methoxy groups -OCH3 is 1. The minimum Gasteiger partial charge on any atom is -0.493 e. The van der Waals surface area contributed by atoms with Gasteiger partial charge in [-0.2, -0.15) is 0 Å². The number of aryl methyl sites for hydroxylation is 1. The van der Waals surface area contributed by atoms with Crippen molar-refractivity contribution in [2.45, 2.75) is 19.4 Å². The maximum absolute atomic E-state index is 11.6. The number of aromatic amines is 1. The van der Waals surface area contributed by atoms with Crippen LogP contribution in [0.3, 0.4) is 0 Å². The van der Waals surface area contributed by atoms with Crippen LogP contribution < -0.4 is 4.74 Å². The molecule has 5 nitrogen and oxygen atoms in total. The number of hydrogen-bond acceptors (Lipinski definition) is 3. The molecule has 0 aliphatic carbocycles. The zero-order valence-electron chi connectivity index (χ0n) is 17.4. The van der Waals surface area contributed by atoms with E-state index in [-0.39, 0.29) is 12.4 Å². The summed E-state index contributed by atoms with van der Waals surface area (Å²) in [5.74, 6) is 0.576. The largest absolute Gasteiger partial charge is 0.493 e. The van der Waals surface area contributed by atoms with Gasteiger partial charge >= 0.3 is 5.97 Å². The summed E-state index contributed by atoms with van der Waals surface area (Å²) in [6, 6.07) is 23.0. The first-order valence-electron chi connectivity index (χ1n) is 10.5. The smallest absolute Gasteiger partial charge is 0.310 e. The van der Waals surface area contributed by atoms with E-state index in [1.807, 2.05) is 24.4 Å². The van der Waals surface area contributed by atoms with E-state index in [2.05, 4.69) is 58.1 Å². The first-order valence-corrected chi connectivity index (χ1v) is 10.5. The molecule has 0 saturated heterocycles. The van der Waals surface area contributed by atoms with E-state index in [0.29, 0.717) is 6.61 Å². The third-order valence-electron chi connectivity index (χ3n) is 5.78. The summed E-state index contributed by atoms with van der Waals surface area (Å²) >= 11 is 0. The fourth-order valence-corrected chi connectivity index (χ4v) is 4.29. The summed E-state index contributed by atoms with van der Waals surface area (Å²) in [5, 5.41) is 3.60. The third-order valence-corrected chi connectivity index (χ3v) is 5.78. The average Bonchev–Trinajstić information content (AvgIpc) is 3.35. The Balaban J connectivity index is 1.27. The molecule has 5 rings (SSSR count). The van der Waals surface area contributed by atoms with Crippen molar-refractivity contribution >= 4 is 38.7 Å². The van der Waals surface area contributed by atoms with Crippen LogP contribution in [0.5, 0.6) is 5.75 Å². The monoisotopic (exact) mass is 412 g/mol. The summed E-state index contributed by atoms with van der Waals surface area (Å²) in [6.45, 7) is 1.52. The lowest BCUT2D eigenvalue weighted by atomic mass is 10.1. The molecular formula is C26H24N2O3. The van der Waals surface area contributed by atoms with E-state index < -0.39 is 0 Å². The molecule has 2 aromatic heterocycles. The van der Waals surface area contributed by atoms with Crippen LogP contribution in [0, 0.1) is 0 Å². The topological polar surface area (TPSA) is 56.3 Å². The van der Waals surface area contributed by atoms with Crippen molar-refractivity contribution in [3.05, 3.63) is 78.5 Å². The number of esters is 1. The summed E-state index contributed by atoms with van der Waals surface area (Å²) in [7, 11) is 1.41. The van der Waals surface area contributed by atoms with Gasteiger partial charge in [-0.25, -0.2) is 0 Å². The summed E-state index contributed by atoms with van der Waals surface area (Å²) in [5.41, 5.74) is 4.41. The molecule has 3 aromatic carbocycles. The molecule has 5 heteroatoms. The van der Waals surface area contributed by atoms with Crippen LogP contribution in [-0.4, -0.2) is 29.2 Å². The van der Waals surface area contributed by atoms with Gasteiger partial charge < -0.3 is 19.0 Å². The van der Waals surface area contributed by atoms with Crippen molar-refractivity contribution in [1.82, 2.24) is 9.55 Å². The highest BCUT2D eigenvalue weighted by Gasteiger charge is 2.11. The van der Waals surface area contributed by atoms with Crippen molar-refractivity contribution in [3.8, 4) is 5.75 Å². The molecule has 5 aromatic rings. The number of benzene rings is 3. The Morgan fingerprint density at radius 2 is 1.65 bits per heavy atom. The molecule has 0 atom stereocenters. The Labute approximate surface area is 180 Å². The standard InChI is InChI=1S/C26H24N2O3/c1-30-26(29)15-18-17-27-23-16-19(11-12-20(18)23)31-14-6-13-28-24-9-4-2-7-21(24)22-8-3-5-10-25(22)28/h2-5,7-12,16-17,27H,6,13-15H2,1H3. The van der Waals surface area contributed by atoms with Crippen LogP contribution in [0.25, 0.3) is 32.7 Å². The van der Waals surface area contributed by atoms with Crippen molar-refractivity contribution in [1.29, 1.82) is 0 Å². The SMILES string of the molecule is COC(=O)Cc1c[nH]c2cc(OCCCn3c4ccccc4c4ccccc43)ccc12. The number of hydrogen-bond donors (Lipinski definition) is 1. The number of para-hydroxylation sites is 2. The molecule has 31 heavy (non-hydrogen) atoms. The highest BCUT2D eigenvalue weighted by Crippen LogP contribution is 2.29. The first-order chi connectivity index (χ1) is 15.2. The highest BCUT2D eigenvalue weighted by atomic mass is 16.5. The summed E-state index contributed by atoms with van der Waals surface area (Å²) in [6.07, 6.45) is 3.02. The van der Waals surface area contributed by atoms with E-state index >= 15 is 0 Å². The third kappa shape index (κ3) is 3.63. The second kappa shape index (κ2) is 8.19. The van der Waals surface area contributed by atoms with Crippen LogP contribution in [0.2, 0.25) is 0 Å². The Hall–Kier alpha value is -3.73. The van der Waals surface area contributed by atoms with Gasteiger partial charge in [-0.1, -0.05) is 36.4 Å². The van der Waals surface area contributed by atoms with Gasteiger partial charge in [-0.05, 0) is 36.2 Å². The quantitative estimate of drug-likeness (QED) is 0.285. The molecule has 0 radical (unpaired) electrons. The van der Waals surface area contributed by atoms with Crippen LogP contribution in [0.4, 0.5) is 0 Å². The molecule has 0 unspecified atom stereocenters. The van der Waals surface area contributed by atoms with Crippen molar-refractivity contribution in [3.63, 3.8) is 0 Å². The molecule has 2 heterocycles. The predicted molar refractivity (Wildman–Crippen MR) is 124 cm³/mol. The minimum absolute atomic E-state index is 0.244. The van der Waals surface area contributed by atoms with Gasteiger partial charge in [-0.15, -0.1) is 0 Å². The number of ether oxygens (including phenoxy) is 2. The predicted octanol–water partition coefficient (Wildman–Crippen LogP) is 5.46. The number of H-pyrrole nitrogens is 1. The fourth-order valence-electron chi connectivity index (χ4n) is 4.29. The highest BCUT2D eigenvalue weighted by molar-refractivity contribution is 6.07. The van der Waals surface area contributed by atoms with Crippen molar-refractivity contribution in [2.75, 3.05) is 13.7 Å². The van der Waals surface area contributed by atoms with Crippen LogP contribution >= 0.6 is 0 Å². The van der Waals surface area contributed by atoms with Gasteiger partial charge in [0.2, 0.25) is 0 Å². The number of carbonyl (C=O) groups is 1. The number of aromatic nitrogens is 2. The van der Waals surface area contributed by atoms with E-state index in [1.54, 1.807) is 0 Å². The molecule has 0 amide bonds. The van der Waals surface area contributed by atoms with E-state index in [0.717, 1.165) is 35.2 Å². The number of nitrogens with zero attached hydrogens (tertiary/aromatic N) is 1. The molecule has 1 N–H and O–H groups in total. The molecule has 156 valence electrons.